The van der Waals surface area contributed by atoms with E-state index in [2.05, 4.69) is 0 Å². The lowest BCUT2D eigenvalue weighted by Gasteiger charge is -2.08. The molecular formula is C19H12O7. The SMILES string of the molecule is COc1cccc2cc(-c3cc(=O)oc4c(O)c(O)ccc34)c(=O)oc12. The summed E-state index contributed by atoms with van der Waals surface area (Å²) >= 11 is 0. The van der Waals surface area contributed by atoms with Gasteiger partial charge in [0.15, 0.2) is 22.7 Å². The quantitative estimate of drug-likeness (QED) is 0.421. The lowest BCUT2D eigenvalue weighted by Crippen LogP contribution is -2.06. The van der Waals surface area contributed by atoms with Crippen molar-refractivity contribution in [2.75, 3.05) is 7.11 Å². The molecule has 0 aliphatic carbocycles. The topological polar surface area (TPSA) is 110 Å². The van der Waals surface area contributed by atoms with Crippen molar-refractivity contribution < 1.29 is 23.8 Å². The number of rotatable bonds is 2. The molecule has 7 heteroatoms. The van der Waals surface area contributed by atoms with E-state index in [1.165, 1.54) is 19.2 Å². The number of fused-ring (bicyclic) bond motifs is 2. The molecule has 7 nitrogen and oxygen atoms in total. The molecule has 2 aromatic heterocycles. The number of aromatic hydroxyl groups is 2. The highest BCUT2D eigenvalue weighted by Crippen LogP contribution is 2.37. The molecule has 26 heavy (non-hydrogen) atoms. The van der Waals surface area contributed by atoms with Crippen LogP contribution in [0.1, 0.15) is 0 Å². The zero-order chi connectivity index (χ0) is 18.4. The standard InChI is InChI=1S/C19H12O7/c1-24-14-4-2-3-9-7-12(19(23)26-17(9)14)11-8-15(21)25-18-10(11)5-6-13(20)16(18)22/h2-8,20,22H,1H3. The van der Waals surface area contributed by atoms with E-state index in [0.717, 1.165) is 6.07 Å². The Morgan fingerprint density at radius 3 is 2.50 bits per heavy atom. The number of para-hydroxylation sites is 1. The second-order valence-electron chi connectivity index (χ2n) is 5.62. The van der Waals surface area contributed by atoms with Gasteiger partial charge < -0.3 is 23.8 Å². The minimum absolute atomic E-state index is 0.119. The molecule has 0 spiro atoms. The van der Waals surface area contributed by atoms with E-state index in [0.29, 0.717) is 11.1 Å². The van der Waals surface area contributed by atoms with Crippen LogP contribution in [0.5, 0.6) is 17.2 Å². The Morgan fingerprint density at radius 1 is 0.923 bits per heavy atom. The zero-order valence-corrected chi connectivity index (χ0v) is 13.5. The van der Waals surface area contributed by atoms with Crippen LogP contribution in [-0.4, -0.2) is 17.3 Å². The van der Waals surface area contributed by atoms with Gasteiger partial charge in [0, 0.05) is 22.4 Å². The predicted molar refractivity (Wildman–Crippen MR) is 93.8 cm³/mol. The van der Waals surface area contributed by atoms with Gasteiger partial charge in [0.25, 0.3) is 0 Å². The van der Waals surface area contributed by atoms with E-state index in [1.54, 1.807) is 24.3 Å². The molecule has 0 amide bonds. The maximum Gasteiger partial charge on any atom is 0.344 e. The molecule has 2 heterocycles. The number of hydrogen-bond donors (Lipinski definition) is 2. The van der Waals surface area contributed by atoms with Crippen molar-refractivity contribution in [2.24, 2.45) is 0 Å². The predicted octanol–water partition coefficient (Wildman–Crippen LogP) is 2.99. The van der Waals surface area contributed by atoms with Crippen molar-refractivity contribution in [2.45, 2.75) is 0 Å². The van der Waals surface area contributed by atoms with Gasteiger partial charge in [-0.3, -0.25) is 0 Å². The van der Waals surface area contributed by atoms with Gasteiger partial charge in [0.1, 0.15) is 0 Å². The molecule has 0 saturated carbocycles. The lowest BCUT2D eigenvalue weighted by molar-refractivity contribution is 0.397. The molecule has 0 aliphatic rings. The number of phenols is 2. The third-order valence-electron chi connectivity index (χ3n) is 4.10. The van der Waals surface area contributed by atoms with E-state index in [1.807, 2.05) is 0 Å². The van der Waals surface area contributed by atoms with Crippen molar-refractivity contribution >= 4 is 21.9 Å². The fourth-order valence-electron chi connectivity index (χ4n) is 2.89. The van der Waals surface area contributed by atoms with Crippen LogP contribution < -0.4 is 16.0 Å². The minimum Gasteiger partial charge on any atom is -0.504 e. The van der Waals surface area contributed by atoms with Crippen LogP contribution in [-0.2, 0) is 0 Å². The second kappa shape index (κ2) is 5.66. The third-order valence-corrected chi connectivity index (χ3v) is 4.10. The summed E-state index contributed by atoms with van der Waals surface area (Å²) in [6.07, 6.45) is 0. The Bertz CT molecular complexity index is 1280. The van der Waals surface area contributed by atoms with E-state index in [9.17, 15) is 19.8 Å². The Balaban J connectivity index is 2.11. The zero-order valence-electron chi connectivity index (χ0n) is 13.5. The largest absolute Gasteiger partial charge is 0.504 e. The molecule has 0 bridgehead atoms. The van der Waals surface area contributed by atoms with E-state index < -0.39 is 22.8 Å². The average molecular weight is 352 g/mol. The molecule has 0 aliphatic heterocycles. The Labute approximate surface area is 145 Å². The van der Waals surface area contributed by atoms with Crippen molar-refractivity contribution in [1.82, 2.24) is 0 Å². The number of hydrogen-bond acceptors (Lipinski definition) is 7. The molecule has 2 aromatic carbocycles. The first kappa shape index (κ1) is 15.8. The molecule has 0 fully saturated rings. The maximum atomic E-state index is 12.5. The molecule has 0 saturated heterocycles. The number of methoxy groups -OCH3 is 1. The third kappa shape index (κ3) is 2.29. The first-order valence-corrected chi connectivity index (χ1v) is 7.59. The van der Waals surface area contributed by atoms with Crippen molar-refractivity contribution in [3.05, 3.63) is 63.3 Å². The van der Waals surface area contributed by atoms with Crippen molar-refractivity contribution in [3.63, 3.8) is 0 Å². The van der Waals surface area contributed by atoms with Crippen LogP contribution in [0.2, 0.25) is 0 Å². The summed E-state index contributed by atoms with van der Waals surface area (Å²) in [5.74, 6) is -0.604. The summed E-state index contributed by atoms with van der Waals surface area (Å²) < 4.78 is 15.6. The van der Waals surface area contributed by atoms with Crippen molar-refractivity contribution in [1.29, 1.82) is 0 Å². The molecule has 2 N–H and O–H groups in total. The molecule has 0 unspecified atom stereocenters. The Hall–Kier alpha value is -3.74. The van der Waals surface area contributed by atoms with Gasteiger partial charge in [-0.15, -0.1) is 0 Å². The van der Waals surface area contributed by atoms with Gasteiger partial charge in [0.2, 0.25) is 5.75 Å². The molecule has 4 aromatic rings. The smallest absolute Gasteiger partial charge is 0.344 e. The minimum atomic E-state index is -0.779. The Morgan fingerprint density at radius 2 is 1.73 bits per heavy atom. The first-order chi connectivity index (χ1) is 12.5. The van der Waals surface area contributed by atoms with Gasteiger partial charge in [-0.1, -0.05) is 12.1 Å². The summed E-state index contributed by atoms with van der Waals surface area (Å²) in [6.45, 7) is 0. The average Bonchev–Trinajstić information content (AvgIpc) is 2.63. The first-order valence-electron chi connectivity index (χ1n) is 7.59. The van der Waals surface area contributed by atoms with Gasteiger partial charge in [-0.25, -0.2) is 9.59 Å². The lowest BCUT2D eigenvalue weighted by atomic mass is 10.0. The highest BCUT2D eigenvalue weighted by Gasteiger charge is 2.18. The summed E-state index contributed by atoms with van der Waals surface area (Å²) in [6, 6.07) is 10.5. The Kier molecular flexibility index (Phi) is 3.43. The van der Waals surface area contributed by atoms with E-state index in [-0.39, 0.29) is 27.7 Å². The molecule has 130 valence electrons. The summed E-state index contributed by atoms with van der Waals surface area (Å²) in [4.78, 5) is 24.4. The van der Waals surface area contributed by atoms with Crippen LogP contribution in [0, 0.1) is 0 Å². The van der Waals surface area contributed by atoms with Gasteiger partial charge in [0.05, 0.1) is 12.7 Å². The normalized spacial score (nSPS) is 11.1. The number of phenolic OH excluding ortho intramolecular Hbond substituents is 2. The molecule has 0 atom stereocenters. The van der Waals surface area contributed by atoms with E-state index in [4.69, 9.17) is 13.6 Å². The monoisotopic (exact) mass is 352 g/mol. The summed E-state index contributed by atoms with van der Waals surface area (Å²) in [5.41, 5.74) is -1.03. The summed E-state index contributed by atoms with van der Waals surface area (Å²) in [5, 5.41) is 20.5. The van der Waals surface area contributed by atoms with Gasteiger partial charge >= 0.3 is 11.3 Å². The highest BCUT2D eigenvalue weighted by atomic mass is 16.5. The van der Waals surface area contributed by atoms with Crippen LogP contribution in [0.15, 0.2) is 60.9 Å². The van der Waals surface area contributed by atoms with Crippen LogP contribution in [0.4, 0.5) is 0 Å². The van der Waals surface area contributed by atoms with Crippen LogP contribution in [0.3, 0.4) is 0 Å². The summed E-state index contributed by atoms with van der Waals surface area (Å²) in [7, 11) is 1.47. The number of ether oxygens (including phenoxy) is 1. The molecular weight excluding hydrogens is 340 g/mol. The fraction of sp³-hybridized carbons (Fsp3) is 0.0526. The molecule has 4 rings (SSSR count). The molecule has 0 radical (unpaired) electrons. The second-order valence-corrected chi connectivity index (χ2v) is 5.62. The maximum absolute atomic E-state index is 12.5. The fourth-order valence-corrected chi connectivity index (χ4v) is 2.89. The van der Waals surface area contributed by atoms with E-state index >= 15 is 0 Å². The van der Waals surface area contributed by atoms with Gasteiger partial charge in [-0.2, -0.15) is 0 Å². The van der Waals surface area contributed by atoms with Crippen molar-refractivity contribution in [3.8, 4) is 28.4 Å². The number of benzene rings is 2. The highest BCUT2D eigenvalue weighted by molar-refractivity contribution is 5.98. The van der Waals surface area contributed by atoms with Crippen LogP contribution >= 0.6 is 0 Å². The van der Waals surface area contributed by atoms with Crippen LogP contribution in [0.25, 0.3) is 33.1 Å². The van der Waals surface area contributed by atoms with Gasteiger partial charge in [-0.05, 0) is 24.3 Å².